The maximum atomic E-state index is 9.35. The topological polar surface area (TPSA) is 61.6 Å². The van der Waals surface area contributed by atoms with Crippen LogP contribution in [0.15, 0.2) is 47.8 Å². The highest BCUT2D eigenvalue weighted by molar-refractivity contribution is 7.13. The average molecular weight is 421 g/mol. The van der Waals surface area contributed by atoms with Crippen LogP contribution < -0.4 is 14.4 Å². The second-order valence-corrected chi connectivity index (χ2v) is 7.94. The lowest BCUT2D eigenvalue weighted by molar-refractivity contribution is 0.247. The van der Waals surface area contributed by atoms with Gasteiger partial charge in [-0.15, -0.1) is 11.3 Å². The first-order chi connectivity index (χ1) is 14.7. The van der Waals surface area contributed by atoms with E-state index in [4.69, 9.17) is 14.5 Å². The largest absolute Gasteiger partial charge is 0.493 e. The van der Waals surface area contributed by atoms with Crippen molar-refractivity contribution in [3.05, 3.63) is 59.1 Å². The highest BCUT2D eigenvalue weighted by atomic mass is 32.1. The maximum Gasteiger partial charge on any atom is 0.170 e. The molecule has 0 aliphatic carbocycles. The number of benzene rings is 2. The van der Waals surface area contributed by atoms with Crippen molar-refractivity contribution in [3.8, 4) is 28.1 Å². The fourth-order valence-corrected chi connectivity index (χ4v) is 4.61. The maximum absolute atomic E-state index is 9.35. The van der Waals surface area contributed by atoms with Crippen LogP contribution in [0.5, 0.6) is 11.5 Å². The summed E-state index contributed by atoms with van der Waals surface area (Å²) in [5.74, 6) is 1.42. The van der Waals surface area contributed by atoms with E-state index in [9.17, 15) is 5.26 Å². The minimum absolute atomic E-state index is 0.709. The minimum Gasteiger partial charge on any atom is -0.493 e. The Morgan fingerprint density at radius 3 is 2.57 bits per heavy atom. The van der Waals surface area contributed by atoms with Crippen molar-refractivity contribution < 1.29 is 9.47 Å². The molecule has 0 radical (unpaired) electrons. The molecule has 1 saturated heterocycles. The van der Waals surface area contributed by atoms with Crippen LogP contribution in [0.3, 0.4) is 0 Å². The average Bonchev–Trinajstić information content (AvgIpc) is 3.27. The molecule has 2 aromatic carbocycles. The molecular formula is C23H24N4O2S. The molecule has 0 N–H and O–H groups in total. The quantitative estimate of drug-likeness (QED) is 0.600. The Morgan fingerprint density at radius 1 is 1.03 bits per heavy atom. The lowest BCUT2D eigenvalue weighted by atomic mass is 10.1. The van der Waals surface area contributed by atoms with Gasteiger partial charge < -0.3 is 14.4 Å². The van der Waals surface area contributed by atoms with Crippen molar-refractivity contribution in [2.24, 2.45) is 0 Å². The second-order valence-electron chi connectivity index (χ2n) is 7.08. The molecule has 30 heavy (non-hydrogen) atoms. The van der Waals surface area contributed by atoms with Crippen molar-refractivity contribution in [1.82, 2.24) is 9.88 Å². The molecule has 0 amide bonds. The molecule has 2 heterocycles. The van der Waals surface area contributed by atoms with Crippen molar-refractivity contribution in [2.75, 3.05) is 45.3 Å². The Morgan fingerprint density at radius 2 is 1.83 bits per heavy atom. The van der Waals surface area contributed by atoms with Crippen LogP contribution >= 0.6 is 11.3 Å². The Balaban J connectivity index is 1.42. The summed E-state index contributed by atoms with van der Waals surface area (Å²) >= 11 is 1.62. The third-order valence-electron chi connectivity index (χ3n) is 5.31. The highest BCUT2D eigenvalue weighted by Crippen LogP contribution is 2.39. The Kier molecular flexibility index (Phi) is 6.17. The fourth-order valence-electron chi connectivity index (χ4n) is 3.78. The van der Waals surface area contributed by atoms with Gasteiger partial charge in [0.05, 0.1) is 36.7 Å². The highest BCUT2D eigenvalue weighted by Gasteiger charge is 2.21. The number of aromatic nitrogens is 1. The van der Waals surface area contributed by atoms with Gasteiger partial charge in [-0.05, 0) is 24.3 Å². The zero-order valence-electron chi connectivity index (χ0n) is 17.2. The number of ether oxygens (including phenoxy) is 2. The van der Waals surface area contributed by atoms with Crippen molar-refractivity contribution >= 4 is 17.0 Å². The van der Waals surface area contributed by atoms with E-state index < -0.39 is 0 Å². The summed E-state index contributed by atoms with van der Waals surface area (Å²) in [5, 5.41) is 12.4. The summed E-state index contributed by atoms with van der Waals surface area (Å²) < 4.78 is 11.0. The predicted molar refractivity (Wildman–Crippen MR) is 119 cm³/mol. The van der Waals surface area contributed by atoms with E-state index >= 15 is 0 Å². The first kappa shape index (κ1) is 20.2. The fraction of sp³-hybridized carbons (Fsp3) is 0.304. The zero-order chi connectivity index (χ0) is 20.9. The Hall–Kier alpha value is -3.08. The van der Waals surface area contributed by atoms with E-state index in [1.54, 1.807) is 25.6 Å². The Bertz CT molecular complexity index is 1050. The number of anilines is 1. The summed E-state index contributed by atoms with van der Waals surface area (Å²) in [6, 6.07) is 16.0. The first-order valence-corrected chi connectivity index (χ1v) is 10.7. The lowest BCUT2D eigenvalue weighted by Gasteiger charge is -2.36. The summed E-state index contributed by atoms with van der Waals surface area (Å²) in [5.41, 5.74) is 3.78. The third kappa shape index (κ3) is 4.11. The van der Waals surface area contributed by atoms with E-state index in [2.05, 4.69) is 21.2 Å². The molecule has 7 heteroatoms. The van der Waals surface area contributed by atoms with Crippen LogP contribution in [0, 0.1) is 11.3 Å². The van der Waals surface area contributed by atoms with Crippen LogP contribution in [0.2, 0.25) is 0 Å². The smallest absolute Gasteiger partial charge is 0.170 e. The van der Waals surface area contributed by atoms with E-state index in [-0.39, 0.29) is 0 Å². The molecule has 0 spiro atoms. The molecule has 0 atom stereocenters. The third-order valence-corrected chi connectivity index (χ3v) is 6.23. The van der Waals surface area contributed by atoms with Crippen LogP contribution in [0.1, 0.15) is 11.3 Å². The van der Waals surface area contributed by atoms with Gasteiger partial charge in [0.1, 0.15) is 11.1 Å². The summed E-state index contributed by atoms with van der Waals surface area (Å²) in [6.45, 7) is 4.50. The number of nitrogens with zero attached hydrogens (tertiary/aromatic N) is 4. The molecule has 1 aliphatic heterocycles. The van der Waals surface area contributed by atoms with Crippen LogP contribution in [0.25, 0.3) is 10.6 Å². The summed E-state index contributed by atoms with van der Waals surface area (Å²) in [4.78, 5) is 9.55. The Labute approximate surface area is 180 Å². The molecular weight excluding hydrogens is 396 g/mol. The van der Waals surface area contributed by atoms with Crippen molar-refractivity contribution in [3.63, 3.8) is 0 Å². The number of nitriles is 1. The first-order valence-electron chi connectivity index (χ1n) is 9.85. The van der Waals surface area contributed by atoms with Crippen molar-refractivity contribution in [2.45, 2.75) is 6.54 Å². The molecule has 1 aliphatic rings. The molecule has 0 unspecified atom stereocenters. The summed E-state index contributed by atoms with van der Waals surface area (Å²) in [6.07, 6.45) is 0. The van der Waals surface area contributed by atoms with Gasteiger partial charge in [0.15, 0.2) is 11.5 Å². The monoisotopic (exact) mass is 420 g/mol. The minimum atomic E-state index is 0.709. The summed E-state index contributed by atoms with van der Waals surface area (Å²) in [7, 11) is 3.30. The van der Waals surface area contributed by atoms with Crippen molar-refractivity contribution in [1.29, 1.82) is 5.26 Å². The van der Waals surface area contributed by atoms with E-state index in [0.717, 1.165) is 60.2 Å². The van der Waals surface area contributed by atoms with Crippen LogP contribution in [-0.4, -0.2) is 50.3 Å². The van der Waals surface area contributed by atoms with Gasteiger partial charge >= 0.3 is 0 Å². The van der Waals surface area contributed by atoms with Gasteiger partial charge in [-0.3, -0.25) is 4.90 Å². The van der Waals surface area contributed by atoms with Gasteiger partial charge in [-0.2, -0.15) is 5.26 Å². The molecule has 0 bridgehead atoms. The lowest BCUT2D eigenvalue weighted by Crippen LogP contribution is -2.46. The zero-order valence-corrected chi connectivity index (χ0v) is 18.0. The molecule has 6 nitrogen and oxygen atoms in total. The molecule has 1 fully saturated rings. The molecule has 0 saturated carbocycles. The van der Waals surface area contributed by atoms with Crippen LogP contribution in [0.4, 0.5) is 5.69 Å². The molecule has 1 aromatic heterocycles. The van der Waals surface area contributed by atoms with Gasteiger partial charge in [0, 0.05) is 38.1 Å². The molecule has 154 valence electrons. The number of piperazine rings is 1. The van der Waals surface area contributed by atoms with E-state index in [1.165, 1.54) is 0 Å². The van der Waals surface area contributed by atoms with E-state index in [1.807, 2.05) is 42.5 Å². The second kappa shape index (κ2) is 9.16. The number of methoxy groups -OCH3 is 2. The standard InChI is InChI=1S/C23H24N4O2S/c1-28-21-9-5-7-19(22(21)29-2)23-25-18(16-30-23)15-26-10-12-27(13-11-26)20-8-4-3-6-17(20)14-24/h3-9,16H,10-13,15H2,1-2H3. The number of hydrogen-bond acceptors (Lipinski definition) is 7. The predicted octanol–water partition coefficient (Wildman–Crippen LogP) is 4.02. The van der Waals surface area contributed by atoms with E-state index in [0.29, 0.717) is 11.5 Å². The molecule has 3 aromatic rings. The van der Waals surface area contributed by atoms with Gasteiger partial charge in [0.25, 0.3) is 0 Å². The van der Waals surface area contributed by atoms with Gasteiger partial charge in [-0.1, -0.05) is 18.2 Å². The van der Waals surface area contributed by atoms with Crippen LogP contribution in [-0.2, 0) is 6.54 Å². The number of para-hydroxylation sites is 2. The SMILES string of the molecule is COc1cccc(-c2nc(CN3CCN(c4ccccc4C#N)CC3)cs2)c1OC. The molecule has 4 rings (SSSR count). The normalized spacial score (nSPS) is 14.4. The number of hydrogen-bond donors (Lipinski definition) is 0. The number of thiazole rings is 1. The van der Waals surface area contributed by atoms with Gasteiger partial charge in [-0.25, -0.2) is 4.98 Å². The van der Waals surface area contributed by atoms with Gasteiger partial charge in [0.2, 0.25) is 0 Å². The number of rotatable bonds is 6.